The summed E-state index contributed by atoms with van der Waals surface area (Å²) in [7, 11) is 0. The van der Waals surface area contributed by atoms with E-state index < -0.39 is 5.60 Å². The number of aromatic nitrogens is 1. The highest BCUT2D eigenvalue weighted by Gasteiger charge is 2.28. The fourth-order valence-corrected chi connectivity index (χ4v) is 2.52. The minimum atomic E-state index is -0.771. The standard InChI is InChI=1S/C13H18IN3O2/c1-13(2,19)9-16-5-6-17(12(18)8-16)10-3-4-11(14)15-7-10/h3-4,7,19H,5-6,8-9H2,1-2H3. The maximum absolute atomic E-state index is 12.1. The minimum Gasteiger partial charge on any atom is -0.389 e. The number of piperazine rings is 1. The number of β-amino-alcohol motifs (C(OH)–C–C–N with tert-alkyl or cyclic N) is 1. The average molecular weight is 375 g/mol. The molecule has 0 aliphatic carbocycles. The van der Waals surface area contributed by atoms with Crippen molar-refractivity contribution in [3.63, 3.8) is 0 Å². The Hall–Kier alpha value is -0.730. The molecule has 1 aliphatic rings. The van der Waals surface area contributed by atoms with E-state index in [1.54, 1.807) is 24.9 Å². The van der Waals surface area contributed by atoms with Gasteiger partial charge in [0, 0.05) is 19.6 Å². The van der Waals surface area contributed by atoms with E-state index in [4.69, 9.17) is 0 Å². The number of carbonyl (C=O) groups is 1. The van der Waals surface area contributed by atoms with Crippen LogP contribution < -0.4 is 4.90 Å². The highest BCUT2D eigenvalue weighted by Crippen LogP contribution is 2.18. The lowest BCUT2D eigenvalue weighted by Crippen LogP contribution is -2.53. The lowest BCUT2D eigenvalue weighted by Gasteiger charge is -2.36. The van der Waals surface area contributed by atoms with Crippen LogP contribution in [0.15, 0.2) is 18.3 Å². The zero-order valence-electron chi connectivity index (χ0n) is 11.1. The number of aliphatic hydroxyl groups is 1. The van der Waals surface area contributed by atoms with Crippen LogP contribution in [0.5, 0.6) is 0 Å². The Morgan fingerprint density at radius 3 is 2.68 bits per heavy atom. The molecule has 19 heavy (non-hydrogen) atoms. The van der Waals surface area contributed by atoms with E-state index in [0.29, 0.717) is 19.6 Å². The summed E-state index contributed by atoms with van der Waals surface area (Å²) in [6.07, 6.45) is 1.73. The summed E-state index contributed by atoms with van der Waals surface area (Å²) in [5.41, 5.74) is 0.0701. The summed E-state index contributed by atoms with van der Waals surface area (Å²) in [4.78, 5) is 20.1. The molecule has 0 radical (unpaired) electrons. The summed E-state index contributed by atoms with van der Waals surface area (Å²) in [6, 6.07) is 3.81. The second-order valence-corrected chi connectivity index (χ2v) is 6.51. The van der Waals surface area contributed by atoms with Gasteiger partial charge >= 0.3 is 0 Å². The third kappa shape index (κ3) is 4.12. The molecule has 1 N–H and O–H groups in total. The predicted molar refractivity (Wildman–Crippen MR) is 82.0 cm³/mol. The number of hydrogen-bond donors (Lipinski definition) is 1. The third-order valence-electron chi connectivity index (χ3n) is 2.93. The van der Waals surface area contributed by atoms with Gasteiger partial charge in [-0.2, -0.15) is 0 Å². The Labute approximate surface area is 126 Å². The Morgan fingerprint density at radius 1 is 1.42 bits per heavy atom. The molecule has 2 heterocycles. The fourth-order valence-electron chi connectivity index (χ4n) is 2.20. The molecule has 0 spiro atoms. The van der Waals surface area contributed by atoms with Gasteiger partial charge in [-0.05, 0) is 48.6 Å². The van der Waals surface area contributed by atoms with Crippen molar-refractivity contribution in [2.75, 3.05) is 31.1 Å². The molecule has 2 rings (SSSR count). The summed E-state index contributed by atoms with van der Waals surface area (Å²) >= 11 is 2.14. The van der Waals surface area contributed by atoms with Crippen molar-refractivity contribution >= 4 is 34.2 Å². The predicted octanol–water partition coefficient (Wildman–Crippen LogP) is 1.11. The number of amides is 1. The topological polar surface area (TPSA) is 56.7 Å². The van der Waals surface area contributed by atoms with E-state index in [9.17, 15) is 9.90 Å². The number of hydrogen-bond acceptors (Lipinski definition) is 4. The van der Waals surface area contributed by atoms with Gasteiger partial charge in [0.15, 0.2) is 0 Å². The third-order valence-corrected chi connectivity index (χ3v) is 3.57. The molecular weight excluding hydrogens is 357 g/mol. The van der Waals surface area contributed by atoms with E-state index in [1.165, 1.54) is 0 Å². The van der Waals surface area contributed by atoms with Crippen LogP contribution in [0.25, 0.3) is 0 Å². The second kappa shape index (κ2) is 5.72. The van der Waals surface area contributed by atoms with Crippen molar-refractivity contribution in [3.05, 3.63) is 22.0 Å². The summed E-state index contributed by atoms with van der Waals surface area (Å²) < 4.78 is 0.912. The van der Waals surface area contributed by atoms with Gasteiger partial charge in [-0.1, -0.05) is 0 Å². The van der Waals surface area contributed by atoms with Crippen LogP contribution in [0, 0.1) is 3.70 Å². The SMILES string of the molecule is CC(C)(O)CN1CCN(c2ccc(I)nc2)C(=O)C1. The Morgan fingerprint density at radius 2 is 2.16 bits per heavy atom. The van der Waals surface area contributed by atoms with Crippen LogP contribution in [-0.2, 0) is 4.79 Å². The van der Waals surface area contributed by atoms with Gasteiger partial charge in [-0.25, -0.2) is 4.98 Å². The number of pyridine rings is 1. The largest absolute Gasteiger partial charge is 0.389 e. The van der Waals surface area contributed by atoms with Crippen LogP contribution >= 0.6 is 22.6 Å². The monoisotopic (exact) mass is 375 g/mol. The maximum atomic E-state index is 12.1. The number of rotatable bonds is 3. The average Bonchev–Trinajstić information content (AvgIpc) is 2.29. The summed E-state index contributed by atoms with van der Waals surface area (Å²) in [5, 5.41) is 9.79. The molecule has 0 saturated carbocycles. The van der Waals surface area contributed by atoms with Crippen LogP contribution in [-0.4, -0.2) is 52.7 Å². The fraction of sp³-hybridized carbons (Fsp3) is 0.538. The van der Waals surface area contributed by atoms with E-state index >= 15 is 0 Å². The Bertz CT molecular complexity index is 456. The molecular formula is C13H18IN3O2. The van der Waals surface area contributed by atoms with E-state index in [1.807, 2.05) is 17.0 Å². The first-order valence-electron chi connectivity index (χ1n) is 6.22. The lowest BCUT2D eigenvalue weighted by molar-refractivity contribution is -0.122. The quantitative estimate of drug-likeness (QED) is 0.635. The van der Waals surface area contributed by atoms with Gasteiger partial charge in [0.05, 0.1) is 24.0 Å². The van der Waals surface area contributed by atoms with Gasteiger partial charge in [0.1, 0.15) is 3.70 Å². The van der Waals surface area contributed by atoms with Crippen LogP contribution in [0.3, 0.4) is 0 Å². The Balaban J connectivity index is 2.01. The van der Waals surface area contributed by atoms with Crippen molar-refractivity contribution in [2.45, 2.75) is 19.4 Å². The lowest BCUT2D eigenvalue weighted by atomic mass is 10.1. The molecule has 1 aromatic heterocycles. The zero-order valence-corrected chi connectivity index (χ0v) is 13.3. The van der Waals surface area contributed by atoms with Gasteiger partial charge in [0.2, 0.25) is 5.91 Å². The van der Waals surface area contributed by atoms with Gasteiger partial charge in [-0.3, -0.25) is 9.69 Å². The van der Waals surface area contributed by atoms with E-state index in [2.05, 4.69) is 27.6 Å². The molecule has 5 nitrogen and oxygen atoms in total. The number of anilines is 1. The van der Waals surface area contributed by atoms with Crippen molar-refractivity contribution in [1.82, 2.24) is 9.88 Å². The van der Waals surface area contributed by atoms with E-state index in [0.717, 1.165) is 15.9 Å². The second-order valence-electron chi connectivity index (χ2n) is 5.41. The van der Waals surface area contributed by atoms with Crippen molar-refractivity contribution in [1.29, 1.82) is 0 Å². The van der Waals surface area contributed by atoms with Gasteiger partial charge in [0.25, 0.3) is 0 Å². The molecule has 1 amide bonds. The number of halogens is 1. The maximum Gasteiger partial charge on any atom is 0.241 e. The van der Waals surface area contributed by atoms with Crippen LogP contribution in [0.2, 0.25) is 0 Å². The van der Waals surface area contributed by atoms with Crippen LogP contribution in [0.4, 0.5) is 5.69 Å². The number of nitrogens with zero attached hydrogens (tertiary/aromatic N) is 3. The molecule has 0 unspecified atom stereocenters. The molecule has 6 heteroatoms. The molecule has 1 aliphatic heterocycles. The number of carbonyl (C=O) groups excluding carboxylic acids is 1. The Kier molecular flexibility index (Phi) is 4.42. The summed E-state index contributed by atoms with van der Waals surface area (Å²) in [5.74, 6) is 0.0542. The highest BCUT2D eigenvalue weighted by atomic mass is 127. The van der Waals surface area contributed by atoms with Crippen LogP contribution in [0.1, 0.15) is 13.8 Å². The molecule has 0 atom stereocenters. The molecule has 0 aromatic carbocycles. The van der Waals surface area contributed by atoms with Crippen molar-refractivity contribution in [2.24, 2.45) is 0 Å². The first-order valence-corrected chi connectivity index (χ1v) is 7.30. The van der Waals surface area contributed by atoms with Gasteiger partial charge in [-0.15, -0.1) is 0 Å². The smallest absolute Gasteiger partial charge is 0.241 e. The van der Waals surface area contributed by atoms with Crippen molar-refractivity contribution in [3.8, 4) is 0 Å². The normalized spacial score (nSPS) is 17.9. The molecule has 1 fully saturated rings. The minimum absolute atomic E-state index is 0.0542. The summed E-state index contributed by atoms with van der Waals surface area (Å²) in [6.45, 7) is 5.77. The highest BCUT2D eigenvalue weighted by molar-refractivity contribution is 14.1. The van der Waals surface area contributed by atoms with Gasteiger partial charge < -0.3 is 10.0 Å². The molecule has 1 aromatic rings. The first kappa shape index (κ1) is 14.7. The molecule has 0 bridgehead atoms. The molecule has 1 saturated heterocycles. The van der Waals surface area contributed by atoms with Crippen molar-refractivity contribution < 1.29 is 9.90 Å². The molecule has 104 valence electrons. The zero-order chi connectivity index (χ0) is 14.0. The van der Waals surface area contributed by atoms with E-state index in [-0.39, 0.29) is 5.91 Å². The first-order chi connectivity index (χ1) is 8.85.